The van der Waals surface area contributed by atoms with Gasteiger partial charge in [-0.15, -0.1) is 0 Å². The van der Waals surface area contributed by atoms with Gasteiger partial charge in [-0.2, -0.15) is 0 Å². The maximum absolute atomic E-state index is 12.7. The lowest BCUT2D eigenvalue weighted by atomic mass is 10.0. The van der Waals surface area contributed by atoms with Crippen LogP contribution < -0.4 is 0 Å². The van der Waals surface area contributed by atoms with Crippen LogP contribution in [0, 0.1) is 20.8 Å². The molecule has 3 rings (SSSR count). The molecule has 1 fully saturated rings. The Morgan fingerprint density at radius 2 is 2.21 bits per heavy atom. The molecule has 0 aromatic carbocycles. The second-order valence-electron chi connectivity index (χ2n) is 6.71. The van der Waals surface area contributed by atoms with Gasteiger partial charge in [0, 0.05) is 30.0 Å². The van der Waals surface area contributed by atoms with E-state index in [-0.39, 0.29) is 5.91 Å². The highest BCUT2D eigenvalue weighted by Crippen LogP contribution is 2.24. The Labute approximate surface area is 143 Å². The van der Waals surface area contributed by atoms with Crippen LogP contribution in [-0.2, 0) is 17.6 Å². The Balaban J connectivity index is 1.61. The highest BCUT2D eigenvalue weighted by atomic mass is 16.5. The predicted molar refractivity (Wildman–Crippen MR) is 91.7 cm³/mol. The smallest absolute Gasteiger partial charge is 0.227 e. The lowest BCUT2D eigenvalue weighted by Gasteiger charge is -2.25. The summed E-state index contributed by atoms with van der Waals surface area (Å²) in [5.74, 6) is 0.946. The summed E-state index contributed by atoms with van der Waals surface area (Å²) in [7, 11) is 0. The van der Waals surface area contributed by atoms with Crippen molar-refractivity contribution in [3.05, 3.63) is 46.6 Å². The molecule has 0 bridgehead atoms. The number of nitrogens with zero attached hydrogens (tertiary/aromatic N) is 3. The van der Waals surface area contributed by atoms with Crippen LogP contribution in [0.25, 0.3) is 0 Å². The summed E-state index contributed by atoms with van der Waals surface area (Å²) >= 11 is 0. The topological polar surface area (TPSA) is 59.2 Å². The van der Waals surface area contributed by atoms with Crippen molar-refractivity contribution in [3.63, 3.8) is 0 Å². The third-order valence-corrected chi connectivity index (χ3v) is 4.93. The molecule has 0 aliphatic carbocycles. The molecule has 3 heterocycles. The van der Waals surface area contributed by atoms with Gasteiger partial charge >= 0.3 is 0 Å². The molecule has 2 aromatic rings. The molecule has 1 aliphatic rings. The largest absolute Gasteiger partial charge is 0.361 e. The molecule has 5 heteroatoms. The molecular formula is C19H25N3O2. The van der Waals surface area contributed by atoms with Crippen LogP contribution in [0.4, 0.5) is 0 Å². The van der Waals surface area contributed by atoms with Gasteiger partial charge in [0.25, 0.3) is 0 Å². The van der Waals surface area contributed by atoms with E-state index in [2.05, 4.69) is 27.2 Å². The summed E-state index contributed by atoms with van der Waals surface area (Å²) in [4.78, 5) is 19.0. The molecule has 128 valence electrons. The number of likely N-dealkylation sites (tertiary alicyclic amines) is 1. The lowest BCUT2D eigenvalue weighted by molar-refractivity contribution is -0.131. The van der Waals surface area contributed by atoms with E-state index in [9.17, 15) is 4.79 Å². The van der Waals surface area contributed by atoms with Crippen molar-refractivity contribution in [3.8, 4) is 0 Å². The van der Waals surface area contributed by atoms with E-state index >= 15 is 0 Å². The summed E-state index contributed by atoms with van der Waals surface area (Å²) < 4.78 is 5.18. The standard InChI is InChI=1S/C19H25N3O2/c1-13-11-16(8-9-20-13)6-7-17-5-4-10-22(17)19(23)12-18-14(2)21-24-15(18)3/h8-9,11,17H,4-7,10,12H2,1-3H3. The van der Waals surface area contributed by atoms with Gasteiger partial charge in [0.1, 0.15) is 5.76 Å². The van der Waals surface area contributed by atoms with Crippen molar-refractivity contribution >= 4 is 5.91 Å². The van der Waals surface area contributed by atoms with Crippen LogP contribution in [0.15, 0.2) is 22.9 Å². The first-order chi connectivity index (χ1) is 11.5. The summed E-state index contributed by atoms with van der Waals surface area (Å²) in [6.45, 7) is 6.64. The third kappa shape index (κ3) is 3.66. The quantitative estimate of drug-likeness (QED) is 0.846. The minimum atomic E-state index is 0.192. The summed E-state index contributed by atoms with van der Waals surface area (Å²) in [6.07, 6.45) is 6.44. The fourth-order valence-corrected chi connectivity index (χ4v) is 3.56. The van der Waals surface area contributed by atoms with E-state index in [0.29, 0.717) is 12.5 Å². The number of hydrogen-bond donors (Lipinski definition) is 0. The second kappa shape index (κ2) is 7.16. The van der Waals surface area contributed by atoms with E-state index in [1.807, 2.05) is 27.0 Å². The van der Waals surface area contributed by atoms with Crippen LogP contribution in [0.2, 0.25) is 0 Å². The molecule has 5 nitrogen and oxygen atoms in total. The number of aryl methyl sites for hydroxylation is 4. The van der Waals surface area contributed by atoms with Gasteiger partial charge in [0.05, 0.1) is 12.1 Å². The van der Waals surface area contributed by atoms with Crippen LogP contribution in [-0.4, -0.2) is 33.5 Å². The minimum absolute atomic E-state index is 0.192. The van der Waals surface area contributed by atoms with Gasteiger partial charge in [0.2, 0.25) is 5.91 Å². The van der Waals surface area contributed by atoms with E-state index in [1.165, 1.54) is 5.56 Å². The highest BCUT2D eigenvalue weighted by Gasteiger charge is 2.29. The van der Waals surface area contributed by atoms with Crippen LogP contribution in [0.1, 0.15) is 47.5 Å². The Kier molecular flexibility index (Phi) is 4.97. The number of carbonyl (C=O) groups is 1. The second-order valence-corrected chi connectivity index (χ2v) is 6.71. The van der Waals surface area contributed by atoms with Crippen LogP contribution >= 0.6 is 0 Å². The SMILES string of the molecule is Cc1cc(CCC2CCCN2C(=O)Cc2c(C)noc2C)ccn1. The molecule has 1 amide bonds. The van der Waals surface area contributed by atoms with Crippen molar-refractivity contribution in [1.29, 1.82) is 0 Å². The zero-order valence-electron chi connectivity index (χ0n) is 14.7. The summed E-state index contributed by atoms with van der Waals surface area (Å²) in [6, 6.07) is 4.54. The number of rotatable bonds is 5. The lowest BCUT2D eigenvalue weighted by Crippen LogP contribution is -2.37. The Morgan fingerprint density at radius 3 is 2.92 bits per heavy atom. The number of aromatic nitrogens is 2. The average Bonchev–Trinajstić information content (AvgIpc) is 3.15. The molecule has 0 saturated carbocycles. The van der Waals surface area contributed by atoms with Crippen molar-refractivity contribution in [1.82, 2.24) is 15.0 Å². The molecular weight excluding hydrogens is 302 g/mol. The van der Waals surface area contributed by atoms with Gasteiger partial charge in [-0.3, -0.25) is 9.78 Å². The normalized spacial score (nSPS) is 17.5. The summed E-state index contributed by atoms with van der Waals surface area (Å²) in [5, 5.41) is 3.95. The molecule has 0 N–H and O–H groups in total. The first-order valence-corrected chi connectivity index (χ1v) is 8.67. The molecule has 0 radical (unpaired) electrons. The zero-order chi connectivity index (χ0) is 17.1. The molecule has 1 aliphatic heterocycles. The van der Waals surface area contributed by atoms with Crippen molar-refractivity contribution in [2.45, 2.75) is 58.9 Å². The number of carbonyl (C=O) groups excluding carboxylic acids is 1. The molecule has 1 unspecified atom stereocenters. The first kappa shape index (κ1) is 16.7. The van der Waals surface area contributed by atoms with Gasteiger partial charge in [0.15, 0.2) is 0 Å². The monoisotopic (exact) mass is 327 g/mol. The fourth-order valence-electron chi connectivity index (χ4n) is 3.56. The Morgan fingerprint density at radius 1 is 1.38 bits per heavy atom. The molecule has 1 saturated heterocycles. The van der Waals surface area contributed by atoms with Gasteiger partial charge in [-0.25, -0.2) is 0 Å². The van der Waals surface area contributed by atoms with Crippen LogP contribution in [0.5, 0.6) is 0 Å². The maximum Gasteiger partial charge on any atom is 0.227 e. The maximum atomic E-state index is 12.7. The highest BCUT2D eigenvalue weighted by molar-refractivity contribution is 5.79. The van der Waals surface area contributed by atoms with E-state index in [0.717, 1.165) is 54.9 Å². The predicted octanol–water partition coefficient (Wildman–Crippen LogP) is 3.16. The minimum Gasteiger partial charge on any atom is -0.361 e. The molecule has 24 heavy (non-hydrogen) atoms. The van der Waals surface area contributed by atoms with E-state index in [1.54, 1.807) is 0 Å². The average molecular weight is 327 g/mol. The van der Waals surface area contributed by atoms with Crippen molar-refractivity contribution in [2.75, 3.05) is 6.54 Å². The zero-order valence-corrected chi connectivity index (χ0v) is 14.7. The first-order valence-electron chi connectivity index (χ1n) is 8.67. The molecule has 0 spiro atoms. The van der Waals surface area contributed by atoms with Gasteiger partial charge in [-0.05, 0) is 64.2 Å². The molecule has 1 atom stereocenters. The van der Waals surface area contributed by atoms with Crippen LogP contribution in [0.3, 0.4) is 0 Å². The molecule has 2 aromatic heterocycles. The van der Waals surface area contributed by atoms with Crippen molar-refractivity contribution in [2.24, 2.45) is 0 Å². The number of amides is 1. The van der Waals surface area contributed by atoms with E-state index < -0.39 is 0 Å². The Bertz CT molecular complexity index is 704. The number of pyridine rings is 1. The van der Waals surface area contributed by atoms with Gasteiger partial charge < -0.3 is 9.42 Å². The van der Waals surface area contributed by atoms with Gasteiger partial charge in [-0.1, -0.05) is 5.16 Å². The Hall–Kier alpha value is -2.17. The van der Waals surface area contributed by atoms with Crippen molar-refractivity contribution < 1.29 is 9.32 Å². The van der Waals surface area contributed by atoms with E-state index in [4.69, 9.17) is 4.52 Å². The summed E-state index contributed by atoms with van der Waals surface area (Å²) in [5.41, 5.74) is 4.11. The number of hydrogen-bond acceptors (Lipinski definition) is 4. The third-order valence-electron chi connectivity index (χ3n) is 4.93. The fraction of sp³-hybridized carbons (Fsp3) is 0.526.